The number of piperidine rings is 1. The number of hydrogen-bond acceptors (Lipinski definition) is 4. The van der Waals surface area contributed by atoms with Crippen molar-refractivity contribution in [2.45, 2.75) is 33.1 Å². The van der Waals surface area contributed by atoms with Crippen molar-refractivity contribution < 1.29 is 4.79 Å². The average molecular weight is 395 g/mol. The molecule has 4 rings (SSSR count). The molecule has 8 nitrogen and oxygen atoms in total. The first-order valence-corrected chi connectivity index (χ1v) is 10.00. The number of rotatable bonds is 4. The van der Waals surface area contributed by atoms with Crippen LogP contribution in [0.5, 0.6) is 0 Å². The Bertz CT molecular complexity index is 1150. The van der Waals surface area contributed by atoms with Crippen LogP contribution in [0.4, 0.5) is 0 Å². The third-order valence-electron chi connectivity index (χ3n) is 5.59. The second-order valence-corrected chi connectivity index (χ2v) is 8.00. The van der Waals surface area contributed by atoms with Gasteiger partial charge in [-0.25, -0.2) is 9.31 Å². The standard InChI is InChI=1S/C21H25N5O3/c1-14(2)20(28)24-7-3-15(4-8-24)11-16-5-10-26-17(12-16)18(13-22-26)25-9-6-19(27)23-21(25)29/h5-6,9-10,12-15H,3-4,7-8,11H2,1-2H3,(H,23,27,29). The molecule has 4 heterocycles. The van der Waals surface area contributed by atoms with Crippen LogP contribution in [0.25, 0.3) is 11.2 Å². The van der Waals surface area contributed by atoms with Gasteiger partial charge in [0.1, 0.15) is 0 Å². The van der Waals surface area contributed by atoms with E-state index in [2.05, 4.69) is 10.1 Å². The third kappa shape index (κ3) is 3.87. The number of nitrogens with zero attached hydrogens (tertiary/aromatic N) is 4. The van der Waals surface area contributed by atoms with Crippen LogP contribution in [0, 0.1) is 11.8 Å². The molecule has 3 aromatic heterocycles. The van der Waals surface area contributed by atoms with Gasteiger partial charge in [0, 0.05) is 37.5 Å². The van der Waals surface area contributed by atoms with Gasteiger partial charge in [-0.2, -0.15) is 5.10 Å². The van der Waals surface area contributed by atoms with Gasteiger partial charge in [-0.1, -0.05) is 13.8 Å². The van der Waals surface area contributed by atoms with Crippen molar-refractivity contribution >= 4 is 11.4 Å². The summed E-state index contributed by atoms with van der Waals surface area (Å²) in [6.07, 6.45) is 7.89. The van der Waals surface area contributed by atoms with Gasteiger partial charge in [-0.3, -0.25) is 19.1 Å². The fourth-order valence-corrected chi connectivity index (χ4v) is 3.99. The molecular formula is C21H25N5O3. The number of likely N-dealkylation sites (tertiary alicyclic amines) is 1. The third-order valence-corrected chi connectivity index (χ3v) is 5.59. The van der Waals surface area contributed by atoms with Crippen LogP contribution < -0.4 is 11.2 Å². The molecule has 1 fully saturated rings. The summed E-state index contributed by atoms with van der Waals surface area (Å²) in [5.41, 5.74) is 1.70. The lowest BCUT2D eigenvalue weighted by Gasteiger charge is -2.33. The second-order valence-electron chi connectivity index (χ2n) is 8.00. The minimum absolute atomic E-state index is 0.0468. The SMILES string of the molecule is CC(C)C(=O)N1CCC(Cc2ccn3ncc(-n4ccc(=O)[nH]c4=O)c3c2)CC1. The predicted octanol–water partition coefficient (Wildman–Crippen LogP) is 1.61. The molecular weight excluding hydrogens is 370 g/mol. The zero-order valence-electron chi connectivity index (χ0n) is 16.7. The first-order chi connectivity index (χ1) is 13.9. The summed E-state index contributed by atoms with van der Waals surface area (Å²) in [6.45, 7) is 5.52. The number of H-pyrrole nitrogens is 1. The molecule has 1 aliphatic heterocycles. The molecule has 0 unspecified atom stereocenters. The number of aromatic amines is 1. The van der Waals surface area contributed by atoms with E-state index in [1.54, 1.807) is 10.7 Å². The van der Waals surface area contributed by atoms with Crippen LogP contribution in [0.2, 0.25) is 0 Å². The number of nitrogens with one attached hydrogen (secondary N) is 1. The number of amides is 1. The molecule has 1 N–H and O–H groups in total. The summed E-state index contributed by atoms with van der Waals surface area (Å²) in [6, 6.07) is 5.41. The molecule has 29 heavy (non-hydrogen) atoms. The van der Waals surface area contributed by atoms with E-state index in [9.17, 15) is 14.4 Å². The van der Waals surface area contributed by atoms with E-state index in [0.717, 1.165) is 37.9 Å². The first-order valence-electron chi connectivity index (χ1n) is 10.00. The molecule has 0 aliphatic carbocycles. The zero-order valence-corrected chi connectivity index (χ0v) is 16.7. The lowest BCUT2D eigenvalue weighted by Crippen LogP contribution is -2.40. The van der Waals surface area contributed by atoms with Gasteiger partial charge in [0.15, 0.2) is 0 Å². The topological polar surface area (TPSA) is 92.5 Å². The molecule has 3 aromatic rings. The molecule has 0 aromatic carbocycles. The molecule has 1 aliphatic rings. The van der Waals surface area contributed by atoms with Gasteiger partial charge >= 0.3 is 5.69 Å². The Kier molecular flexibility index (Phi) is 5.08. The Morgan fingerprint density at radius 3 is 2.66 bits per heavy atom. The van der Waals surface area contributed by atoms with E-state index in [4.69, 9.17) is 0 Å². The summed E-state index contributed by atoms with van der Waals surface area (Å²) in [5, 5.41) is 4.31. The fourth-order valence-electron chi connectivity index (χ4n) is 3.99. The Morgan fingerprint density at radius 2 is 1.97 bits per heavy atom. The largest absolute Gasteiger partial charge is 0.342 e. The molecule has 8 heteroatoms. The molecule has 0 radical (unpaired) electrons. The molecule has 152 valence electrons. The molecule has 0 spiro atoms. The summed E-state index contributed by atoms with van der Waals surface area (Å²) < 4.78 is 3.11. The Labute approximate surface area is 167 Å². The minimum atomic E-state index is -0.486. The summed E-state index contributed by atoms with van der Waals surface area (Å²) in [4.78, 5) is 39.9. The van der Waals surface area contributed by atoms with Crippen molar-refractivity contribution in [2.24, 2.45) is 11.8 Å². The molecule has 1 saturated heterocycles. The smallest absolute Gasteiger partial charge is 0.333 e. The van der Waals surface area contributed by atoms with Crippen molar-refractivity contribution in [3.63, 3.8) is 0 Å². The van der Waals surface area contributed by atoms with Crippen molar-refractivity contribution in [1.82, 2.24) is 24.1 Å². The maximum atomic E-state index is 12.2. The quantitative estimate of drug-likeness (QED) is 0.726. The van der Waals surface area contributed by atoms with E-state index >= 15 is 0 Å². The van der Waals surface area contributed by atoms with Crippen LogP contribution in [-0.4, -0.2) is 43.1 Å². The lowest BCUT2D eigenvalue weighted by molar-refractivity contribution is -0.135. The van der Waals surface area contributed by atoms with Gasteiger partial charge in [-0.05, 0) is 42.9 Å². The van der Waals surface area contributed by atoms with Crippen LogP contribution in [0.3, 0.4) is 0 Å². The highest BCUT2D eigenvalue weighted by Crippen LogP contribution is 2.24. The van der Waals surface area contributed by atoms with E-state index in [-0.39, 0.29) is 11.8 Å². The predicted molar refractivity (Wildman–Crippen MR) is 109 cm³/mol. The highest BCUT2D eigenvalue weighted by atomic mass is 16.2. The number of pyridine rings is 1. The van der Waals surface area contributed by atoms with Crippen molar-refractivity contribution in [3.8, 4) is 5.69 Å². The van der Waals surface area contributed by atoms with Gasteiger partial charge in [0.25, 0.3) is 5.56 Å². The van der Waals surface area contributed by atoms with Crippen LogP contribution in [-0.2, 0) is 11.2 Å². The normalized spacial score (nSPS) is 15.3. The highest BCUT2D eigenvalue weighted by Gasteiger charge is 2.24. The Hall–Kier alpha value is -3.16. The van der Waals surface area contributed by atoms with Crippen LogP contribution in [0.15, 0.2) is 46.4 Å². The maximum Gasteiger partial charge on any atom is 0.333 e. The second kappa shape index (κ2) is 7.69. The van der Waals surface area contributed by atoms with Crippen molar-refractivity contribution in [3.05, 3.63) is 63.2 Å². The van der Waals surface area contributed by atoms with E-state index in [1.807, 2.05) is 37.1 Å². The fraction of sp³-hybridized carbons (Fsp3) is 0.429. The molecule has 0 saturated carbocycles. The van der Waals surface area contributed by atoms with Gasteiger partial charge < -0.3 is 4.90 Å². The molecule has 1 amide bonds. The number of carbonyl (C=O) groups is 1. The summed E-state index contributed by atoms with van der Waals surface area (Å²) in [7, 11) is 0. The maximum absolute atomic E-state index is 12.2. The minimum Gasteiger partial charge on any atom is -0.342 e. The Morgan fingerprint density at radius 1 is 1.21 bits per heavy atom. The number of aromatic nitrogens is 4. The van der Waals surface area contributed by atoms with Crippen molar-refractivity contribution in [1.29, 1.82) is 0 Å². The molecule has 0 atom stereocenters. The lowest BCUT2D eigenvalue weighted by atomic mass is 9.90. The number of fused-ring (bicyclic) bond motifs is 1. The first kappa shape index (κ1) is 19.2. The van der Waals surface area contributed by atoms with Gasteiger partial charge in [0.05, 0.1) is 17.4 Å². The zero-order chi connectivity index (χ0) is 20.5. The Balaban J connectivity index is 1.53. The number of hydrogen-bond donors (Lipinski definition) is 1. The molecule has 0 bridgehead atoms. The monoisotopic (exact) mass is 395 g/mol. The van der Waals surface area contributed by atoms with Gasteiger partial charge in [-0.15, -0.1) is 0 Å². The van der Waals surface area contributed by atoms with E-state index < -0.39 is 11.2 Å². The summed E-state index contributed by atoms with van der Waals surface area (Å²) >= 11 is 0. The van der Waals surface area contributed by atoms with E-state index in [0.29, 0.717) is 11.6 Å². The highest BCUT2D eigenvalue weighted by molar-refractivity contribution is 5.78. The van der Waals surface area contributed by atoms with E-state index in [1.165, 1.54) is 22.4 Å². The van der Waals surface area contributed by atoms with Crippen LogP contribution in [0.1, 0.15) is 32.3 Å². The average Bonchev–Trinajstić information content (AvgIpc) is 3.11. The summed E-state index contributed by atoms with van der Waals surface area (Å²) in [5.74, 6) is 0.807. The van der Waals surface area contributed by atoms with Crippen molar-refractivity contribution in [2.75, 3.05) is 13.1 Å². The van der Waals surface area contributed by atoms with Gasteiger partial charge in [0.2, 0.25) is 5.91 Å². The van der Waals surface area contributed by atoms with Crippen LogP contribution >= 0.6 is 0 Å². The number of carbonyl (C=O) groups excluding carboxylic acids is 1.